The maximum atomic E-state index is 3.98. The summed E-state index contributed by atoms with van der Waals surface area (Å²) in [6, 6.07) is 43.4. The number of aromatic nitrogens is 2. The summed E-state index contributed by atoms with van der Waals surface area (Å²) in [5.41, 5.74) is 7.16. The van der Waals surface area contributed by atoms with Crippen molar-refractivity contribution in [2.45, 2.75) is 4.90 Å². The first-order chi connectivity index (χ1) is 19.8. The fourth-order valence-corrected chi connectivity index (χ4v) is 6.44. The van der Waals surface area contributed by atoms with Gasteiger partial charge in [-0.1, -0.05) is 91.5 Å². The normalized spacial score (nSPS) is 12.3. The van der Waals surface area contributed by atoms with Gasteiger partial charge in [0.1, 0.15) is 0 Å². The van der Waals surface area contributed by atoms with Gasteiger partial charge in [0, 0.05) is 43.6 Å². The number of fused-ring (bicyclic) bond motifs is 6. The summed E-state index contributed by atoms with van der Waals surface area (Å²) in [6.07, 6.45) is 8.40. The van der Waals surface area contributed by atoms with Crippen LogP contribution in [-0.4, -0.2) is 14.9 Å². The Balaban J connectivity index is 1.14. The SMILES string of the molecule is C=C/C=C(\C=C/CSc1ccc(-n2c3ccccc3c3ccccc32)cc1)n1c2ccccc2c2ccccc21. The van der Waals surface area contributed by atoms with Gasteiger partial charge in [-0.25, -0.2) is 0 Å². The highest BCUT2D eigenvalue weighted by molar-refractivity contribution is 7.99. The van der Waals surface area contributed by atoms with Crippen molar-refractivity contribution in [1.29, 1.82) is 0 Å². The average Bonchev–Trinajstić information content (AvgIpc) is 3.52. The molecule has 0 fully saturated rings. The molecule has 0 aliphatic heterocycles. The van der Waals surface area contributed by atoms with Crippen LogP contribution in [0.1, 0.15) is 0 Å². The molecular formula is C37H28N2S. The van der Waals surface area contributed by atoms with E-state index in [1.807, 2.05) is 17.8 Å². The molecule has 7 aromatic rings. The molecule has 0 unspecified atom stereocenters. The van der Waals surface area contributed by atoms with E-state index in [9.17, 15) is 0 Å². The van der Waals surface area contributed by atoms with E-state index in [1.54, 1.807) is 0 Å². The Bertz CT molecular complexity index is 1960. The Morgan fingerprint density at radius 2 is 1.07 bits per heavy atom. The molecule has 7 rings (SSSR count). The van der Waals surface area contributed by atoms with Gasteiger partial charge in [-0.15, -0.1) is 11.8 Å². The summed E-state index contributed by atoms with van der Waals surface area (Å²) < 4.78 is 4.69. The lowest BCUT2D eigenvalue weighted by atomic mass is 10.2. The summed E-state index contributed by atoms with van der Waals surface area (Å²) in [5.74, 6) is 0.875. The van der Waals surface area contributed by atoms with E-state index in [0.717, 1.165) is 11.4 Å². The molecule has 0 atom stereocenters. The lowest BCUT2D eigenvalue weighted by Gasteiger charge is -2.09. The van der Waals surface area contributed by atoms with Gasteiger partial charge in [0.2, 0.25) is 0 Å². The van der Waals surface area contributed by atoms with E-state index >= 15 is 0 Å². The Labute approximate surface area is 238 Å². The summed E-state index contributed by atoms with van der Waals surface area (Å²) in [7, 11) is 0. The third-order valence-electron chi connectivity index (χ3n) is 7.44. The quantitative estimate of drug-likeness (QED) is 0.147. The number of allylic oxidation sites excluding steroid dienone is 4. The average molecular weight is 533 g/mol. The predicted molar refractivity (Wildman–Crippen MR) is 175 cm³/mol. The van der Waals surface area contributed by atoms with E-state index in [1.165, 1.54) is 54.2 Å². The Hall–Kier alpha value is -4.73. The largest absolute Gasteiger partial charge is 0.309 e. The zero-order valence-corrected chi connectivity index (χ0v) is 22.9. The molecule has 5 aromatic carbocycles. The number of hydrogen-bond donors (Lipinski definition) is 0. The fourth-order valence-electron chi connectivity index (χ4n) is 5.73. The molecule has 0 aliphatic carbocycles. The molecule has 0 aliphatic rings. The lowest BCUT2D eigenvalue weighted by molar-refractivity contribution is 1.17. The second-order valence-corrected chi connectivity index (χ2v) is 10.9. The van der Waals surface area contributed by atoms with Crippen molar-refractivity contribution in [2.75, 3.05) is 5.75 Å². The summed E-state index contributed by atoms with van der Waals surface area (Å²) >= 11 is 1.84. The van der Waals surface area contributed by atoms with Crippen molar-refractivity contribution in [3.8, 4) is 5.69 Å². The number of para-hydroxylation sites is 4. The van der Waals surface area contributed by atoms with Crippen molar-refractivity contribution in [3.05, 3.63) is 152 Å². The van der Waals surface area contributed by atoms with E-state index in [-0.39, 0.29) is 0 Å². The highest BCUT2D eigenvalue weighted by Gasteiger charge is 2.12. The number of benzene rings is 5. The van der Waals surface area contributed by atoms with Crippen LogP contribution in [0.5, 0.6) is 0 Å². The first-order valence-corrected chi connectivity index (χ1v) is 14.5. The van der Waals surface area contributed by atoms with Crippen LogP contribution in [0.4, 0.5) is 0 Å². The smallest absolute Gasteiger partial charge is 0.0541 e. The van der Waals surface area contributed by atoms with Crippen LogP contribution >= 0.6 is 11.8 Å². The second-order valence-electron chi connectivity index (χ2n) is 9.77. The molecule has 0 saturated carbocycles. The Morgan fingerprint density at radius 3 is 1.60 bits per heavy atom. The summed E-state index contributed by atoms with van der Waals surface area (Å²) in [4.78, 5) is 1.25. The molecule has 0 bridgehead atoms. The molecule has 2 heterocycles. The number of hydrogen-bond acceptors (Lipinski definition) is 1. The lowest BCUT2D eigenvalue weighted by Crippen LogP contribution is -1.94. The maximum Gasteiger partial charge on any atom is 0.0541 e. The van der Waals surface area contributed by atoms with Crippen molar-refractivity contribution >= 4 is 61.1 Å². The summed E-state index contributed by atoms with van der Waals surface area (Å²) in [6.45, 7) is 3.98. The van der Waals surface area contributed by atoms with E-state index in [4.69, 9.17) is 0 Å². The molecule has 40 heavy (non-hydrogen) atoms. The zero-order chi connectivity index (χ0) is 26.9. The van der Waals surface area contributed by atoms with Crippen LogP contribution in [0.15, 0.2) is 157 Å². The molecule has 0 N–H and O–H groups in total. The van der Waals surface area contributed by atoms with Crippen LogP contribution in [0.2, 0.25) is 0 Å². The molecular weight excluding hydrogens is 504 g/mol. The number of nitrogens with zero attached hydrogens (tertiary/aromatic N) is 2. The van der Waals surface area contributed by atoms with Crippen LogP contribution in [0.3, 0.4) is 0 Å². The monoisotopic (exact) mass is 532 g/mol. The molecule has 0 saturated heterocycles. The van der Waals surface area contributed by atoms with Crippen LogP contribution in [-0.2, 0) is 0 Å². The molecule has 0 radical (unpaired) electrons. The van der Waals surface area contributed by atoms with Gasteiger partial charge in [0.25, 0.3) is 0 Å². The Morgan fingerprint density at radius 1 is 0.600 bits per heavy atom. The third kappa shape index (κ3) is 4.16. The van der Waals surface area contributed by atoms with Crippen molar-refractivity contribution in [3.63, 3.8) is 0 Å². The minimum Gasteiger partial charge on any atom is -0.309 e. The molecule has 0 spiro atoms. The first kappa shape index (κ1) is 24.3. The van der Waals surface area contributed by atoms with E-state index in [0.29, 0.717) is 0 Å². The minimum absolute atomic E-state index is 0.875. The molecule has 2 nitrogen and oxygen atoms in total. The topological polar surface area (TPSA) is 9.86 Å². The van der Waals surface area contributed by atoms with Crippen molar-refractivity contribution < 1.29 is 0 Å². The molecule has 2 aromatic heterocycles. The van der Waals surface area contributed by atoms with Gasteiger partial charge in [-0.2, -0.15) is 0 Å². The first-order valence-electron chi connectivity index (χ1n) is 13.5. The standard InChI is InChI=1S/C37H28N2S/c1-2-12-27(38-34-18-7-3-14-30(34)31-15-4-8-19-35(31)38)13-11-26-40-29-24-22-28(23-25-29)39-36-20-9-5-16-32(36)33-17-6-10-21-37(33)39/h2-25H,1,26H2/b13-11-,27-12+. The van der Waals surface area contributed by atoms with E-state index < -0.39 is 0 Å². The van der Waals surface area contributed by atoms with Gasteiger partial charge in [0.15, 0.2) is 0 Å². The minimum atomic E-state index is 0.875. The van der Waals surface area contributed by atoms with Crippen molar-refractivity contribution in [1.82, 2.24) is 9.13 Å². The molecule has 3 heteroatoms. The molecule has 192 valence electrons. The number of thioether (sulfide) groups is 1. The van der Waals surface area contributed by atoms with Gasteiger partial charge in [0.05, 0.1) is 22.1 Å². The van der Waals surface area contributed by atoms with Crippen LogP contribution in [0, 0.1) is 0 Å². The Kier molecular flexibility index (Phi) is 6.35. The van der Waals surface area contributed by atoms with Crippen molar-refractivity contribution in [2.24, 2.45) is 0 Å². The van der Waals surface area contributed by atoms with E-state index in [2.05, 4.69) is 155 Å². The van der Waals surface area contributed by atoms with Gasteiger partial charge < -0.3 is 9.13 Å². The zero-order valence-electron chi connectivity index (χ0n) is 22.1. The van der Waals surface area contributed by atoms with Crippen LogP contribution < -0.4 is 0 Å². The second kappa shape index (κ2) is 10.4. The highest BCUT2D eigenvalue weighted by atomic mass is 32.2. The fraction of sp³-hybridized carbons (Fsp3) is 0.0270. The van der Waals surface area contributed by atoms with Gasteiger partial charge >= 0.3 is 0 Å². The maximum absolute atomic E-state index is 3.98. The van der Waals surface area contributed by atoms with Crippen LogP contribution in [0.25, 0.3) is 55.0 Å². The highest BCUT2D eigenvalue weighted by Crippen LogP contribution is 2.34. The third-order valence-corrected chi connectivity index (χ3v) is 8.40. The van der Waals surface area contributed by atoms with Gasteiger partial charge in [-0.05, 0) is 60.7 Å². The predicted octanol–water partition coefficient (Wildman–Crippen LogP) is 10.3. The van der Waals surface area contributed by atoms with Gasteiger partial charge in [-0.3, -0.25) is 0 Å². The number of rotatable bonds is 7. The summed E-state index contributed by atoms with van der Waals surface area (Å²) in [5, 5.41) is 5.10. The molecule has 0 amide bonds.